The molecule has 1 fully saturated rings. The highest BCUT2D eigenvalue weighted by molar-refractivity contribution is 5.85. The lowest BCUT2D eigenvalue weighted by Gasteiger charge is -2.22. The third-order valence-corrected chi connectivity index (χ3v) is 3.51. The molecule has 0 aliphatic heterocycles. The van der Waals surface area contributed by atoms with Crippen LogP contribution in [0.4, 0.5) is 4.39 Å². The molecule has 98 valence electrons. The lowest BCUT2D eigenvalue weighted by molar-refractivity contribution is 0.336. The maximum atomic E-state index is 13.2. The van der Waals surface area contributed by atoms with E-state index in [0.29, 0.717) is 11.1 Å². The van der Waals surface area contributed by atoms with Crippen molar-refractivity contribution < 1.29 is 8.81 Å². The quantitative estimate of drug-likeness (QED) is 0.793. The number of rotatable bonds is 1. The number of aromatic nitrogens is 1. The molecule has 0 unspecified atom stereocenters. The molecule has 3 rings (SSSR count). The predicted octanol–water partition coefficient (Wildman–Crippen LogP) is 3.66. The molecule has 1 aliphatic rings. The molecule has 1 saturated carbocycles. The van der Waals surface area contributed by atoms with E-state index in [0.717, 1.165) is 25.7 Å². The summed E-state index contributed by atoms with van der Waals surface area (Å²) in [5.41, 5.74) is 1.06. The Labute approximate surface area is 110 Å². The Morgan fingerprint density at radius 1 is 1.22 bits per heavy atom. The molecule has 1 aromatic heterocycles. The van der Waals surface area contributed by atoms with Gasteiger partial charge in [-0.1, -0.05) is 19.3 Å². The number of halogens is 2. The molecule has 0 spiro atoms. The summed E-state index contributed by atoms with van der Waals surface area (Å²) in [6, 6.07) is 4.38. The van der Waals surface area contributed by atoms with Gasteiger partial charge in [-0.25, -0.2) is 9.18 Å². The molecule has 0 bridgehead atoms. The normalized spacial score (nSPS) is 16.7. The van der Waals surface area contributed by atoms with Crippen LogP contribution in [0.5, 0.6) is 0 Å². The molecule has 3 nitrogen and oxygen atoms in total. The summed E-state index contributed by atoms with van der Waals surface area (Å²) in [5.74, 6) is -0.694. The van der Waals surface area contributed by atoms with Crippen LogP contribution in [0, 0.1) is 5.82 Å². The highest BCUT2D eigenvalue weighted by atomic mass is 35.5. The summed E-state index contributed by atoms with van der Waals surface area (Å²) in [4.78, 5) is 11.8. The van der Waals surface area contributed by atoms with E-state index in [1.54, 1.807) is 4.57 Å². The van der Waals surface area contributed by atoms with Gasteiger partial charge in [0.1, 0.15) is 5.82 Å². The molecule has 1 aromatic carbocycles. The van der Waals surface area contributed by atoms with Gasteiger partial charge < -0.3 is 4.42 Å². The first-order valence-electron chi connectivity index (χ1n) is 6.06. The molecule has 2 aromatic rings. The molecular weight excluding hydrogens is 257 g/mol. The Hall–Kier alpha value is -1.29. The largest absolute Gasteiger partial charge is 0.420 e. The van der Waals surface area contributed by atoms with Crippen LogP contribution >= 0.6 is 12.4 Å². The first-order chi connectivity index (χ1) is 8.25. The van der Waals surface area contributed by atoms with Crippen molar-refractivity contribution in [2.45, 2.75) is 38.1 Å². The summed E-state index contributed by atoms with van der Waals surface area (Å²) >= 11 is 0. The van der Waals surface area contributed by atoms with Gasteiger partial charge in [0.2, 0.25) is 0 Å². The number of nitrogens with zero attached hydrogens (tertiary/aromatic N) is 1. The number of fused-ring (bicyclic) bond motifs is 1. The Morgan fingerprint density at radius 3 is 2.67 bits per heavy atom. The van der Waals surface area contributed by atoms with E-state index in [9.17, 15) is 9.18 Å². The van der Waals surface area contributed by atoms with Gasteiger partial charge in [0.25, 0.3) is 0 Å². The second-order valence-corrected chi connectivity index (χ2v) is 4.64. The average Bonchev–Trinajstić information content (AvgIpc) is 2.65. The highest BCUT2D eigenvalue weighted by Gasteiger charge is 2.21. The number of benzene rings is 1. The van der Waals surface area contributed by atoms with E-state index in [4.69, 9.17) is 4.42 Å². The molecule has 5 heteroatoms. The molecule has 0 radical (unpaired) electrons. The minimum absolute atomic E-state index is 0. The molecule has 0 N–H and O–H groups in total. The van der Waals surface area contributed by atoms with E-state index >= 15 is 0 Å². The van der Waals surface area contributed by atoms with Crippen LogP contribution in [0.15, 0.2) is 27.4 Å². The SMILES string of the molecule is Cl.O=c1oc2ccc(F)cc2n1C1CCCCC1. The van der Waals surface area contributed by atoms with Gasteiger partial charge in [0.15, 0.2) is 5.58 Å². The second-order valence-electron chi connectivity index (χ2n) is 4.64. The van der Waals surface area contributed by atoms with Gasteiger partial charge in [-0.05, 0) is 25.0 Å². The van der Waals surface area contributed by atoms with E-state index < -0.39 is 0 Å². The van der Waals surface area contributed by atoms with Gasteiger partial charge >= 0.3 is 5.76 Å². The molecular formula is C13H15ClFNO2. The van der Waals surface area contributed by atoms with E-state index in [2.05, 4.69) is 0 Å². The van der Waals surface area contributed by atoms with Crippen LogP contribution in [0.3, 0.4) is 0 Å². The Bertz CT molecular complexity index is 599. The van der Waals surface area contributed by atoms with Crippen LogP contribution in [-0.4, -0.2) is 4.57 Å². The van der Waals surface area contributed by atoms with Crippen molar-refractivity contribution in [2.24, 2.45) is 0 Å². The van der Waals surface area contributed by atoms with Gasteiger partial charge in [0, 0.05) is 12.1 Å². The third-order valence-electron chi connectivity index (χ3n) is 3.51. The monoisotopic (exact) mass is 271 g/mol. The van der Waals surface area contributed by atoms with Crippen molar-refractivity contribution in [3.63, 3.8) is 0 Å². The summed E-state index contributed by atoms with van der Waals surface area (Å²) < 4.78 is 20.0. The van der Waals surface area contributed by atoms with Crippen LogP contribution in [0.1, 0.15) is 38.1 Å². The fourth-order valence-electron chi connectivity index (χ4n) is 2.69. The number of oxazole rings is 1. The summed E-state index contributed by atoms with van der Waals surface area (Å²) in [5, 5.41) is 0. The third kappa shape index (κ3) is 2.17. The van der Waals surface area contributed by atoms with Crippen molar-refractivity contribution in [3.05, 3.63) is 34.6 Å². The molecule has 18 heavy (non-hydrogen) atoms. The van der Waals surface area contributed by atoms with Crippen molar-refractivity contribution >= 4 is 23.5 Å². The van der Waals surface area contributed by atoms with Crippen molar-refractivity contribution in [3.8, 4) is 0 Å². The zero-order valence-corrected chi connectivity index (χ0v) is 10.7. The van der Waals surface area contributed by atoms with Crippen LogP contribution in [0.2, 0.25) is 0 Å². The topological polar surface area (TPSA) is 35.1 Å². The minimum atomic E-state index is -0.363. The number of hydrogen-bond donors (Lipinski definition) is 0. The molecule has 1 aliphatic carbocycles. The van der Waals surface area contributed by atoms with Gasteiger partial charge in [0.05, 0.1) is 5.52 Å². The van der Waals surface area contributed by atoms with Crippen molar-refractivity contribution in [2.75, 3.05) is 0 Å². The maximum Gasteiger partial charge on any atom is 0.420 e. The van der Waals surface area contributed by atoms with E-state index in [1.165, 1.54) is 24.6 Å². The lowest BCUT2D eigenvalue weighted by atomic mass is 9.95. The van der Waals surface area contributed by atoms with Crippen LogP contribution in [0.25, 0.3) is 11.1 Å². The summed E-state index contributed by atoms with van der Waals surface area (Å²) in [7, 11) is 0. The van der Waals surface area contributed by atoms with Crippen LogP contribution in [-0.2, 0) is 0 Å². The second kappa shape index (κ2) is 5.14. The highest BCUT2D eigenvalue weighted by Crippen LogP contribution is 2.30. The van der Waals surface area contributed by atoms with Gasteiger partial charge in [-0.2, -0.15) is 0 Å². The Kier molecular flexibility index (Phi) is 3.76. The Morgan fingerprint density at radius 2 is 1.94 bits per heavy atom. The summed E-state index contributed by atoms with van der Waals surface area (Å²) in [6.07, 6.45) is 5.42. The van der Waals surface area contributed by atoms with Gasteiger partial charge in [-0.3, -0.25) is 4.57 Å². The average molecular weight is 272 g/mol. The molecule has 0 atom stereocenters. The zero-order valence-electron chi connectivity index (χ0n) is 9.89. The first-order valence-corrected chi connectivity index (χ1v) is 6.06. The standard InChI is InChI=1S/C13H14FNO2.ClH/c14-9-6-7-12-11(8-9)15(13(16)17-12)10-4-2-1-3-5-10;/h6-8,10H,1-5H2;1H. The van der Waals surface area contributed by atoms with Crippen LogP contribution < -0.4 is 5.76 Å². The zero-order chi connectivity index (χ0) is 11.8. The first kappa shape index (κ1) is 13.1. The van der Waals surface area contributed by atoms with Crippen molar-refractivity contribution in [1.82, 2.24) is 4.57 Å². The van der Waals surface area contributed by atoms with Crippen molar-refractivity contribution in [1.29, 1.82) is 0 Å². The smallest absolute Gasteiger partial charge is 0.408 e. The molecule has 1 heterocycles. The molecule has 0 saturated heterocycles. The Balaban J connectivity index is 0.00000120. The fourth-order valence-corrected chi connectivity index (χ4v) is 2.69. The van der Waals surface area contributed by atoms with Gasteiger partial charge in [-0.15, -0.1) is 12.4 Å². The molecule has 0 amide bonds. The van der Waals surface area contributed by atoms with E-state index in [-0.39, 0.29) is 30.0 Å². The summed E-state index contributed by atoms with van der Waals surface area (Å²) in [6.45, 7) is 0. The van der Waals surface area contributed by atoms with E-state index in [1.807, 2.05) is 0 Å². The fraction of sp³-hybridized carbons (Fsp3) is 0.462. The number of hydrogen-bond acceptors (Lipinski definition) is 2. The predicted molar refractivity (Wildman–Crippen MR) is 69.8 cm³/mol. The maximum absolute atomic E-state index is 13.2. The minimum Gasteiger partial charge on any atom is -0.408 e. The lowest BCUT2D eigenvalue weighted by Crippen LogP contribution is -2.22.